The zero-order valence-corrected chi connectivity index (χ0v) is 19.4. The number of pyridine rings is 1. The first kappa shape index (κ1) is 22.8. The minimum Gasteiger partial charge on any atom is -0.464 e. The lowest BCUT2D eigenvalue weighted by Crippen LogP contribution is -2.47. The van der Waals surface area contributed by atoms with Gasteiger partial charge in [-0.05, 0) is 52.7 Å². The van der Waals surface area contributed by atoms with Gasteiger partial charge in [-0.3, -0.25) is 9.89 Å². The Balaban J connectivity index is 1.51. The minimum atomic E-state index is -1.08. The molecule has 0 saturated carbocycles. The average molecular weight is 455 g/mol. The molecule has 4 heterocycles. The molecular formula is C22H30N8O3. The molecule has 11 heteroatoms. The van der Waals surface area contributed by atoms with Crippen LogP contribution >= 0.6 is 0 Å². The van der Waals surface area contributed by atoms with Gasteiger partial charge in [-0.15, -0.1) is 0 Å². The summed E-state index contributed by atoms with van der Waals surface area (Å²) in [6.07, 6.45) is 3.48. The van der Waals surface area contributed by atoms with Crippen molar-refractivity contribution in [2.45, 2.75) is 58.1 Å². The third-order valence-electron chi connectivity index (χ3n) is 6.02. The topological polar surface area (TPSA) is 142 Å². The van der Waals surface area contributed by atoms with Crippen LogP contribution in [-0.4, -0.2) is 72.5 Å². The number of rotatable bonds is 7. The molecule has 0 spiro atoms. The lowest BCUT2D eigenvalue weighted by Gasteiger charge is -2.31. The van der Waals surface area contributed by atoms with Crippen molar-refractivity contribution in [3.8, 4) is 6.01 Å². The molecule has 0 bridgehead atoms. The molecular weight excluding hydrogens is 424 g/mol. The molecule has 0 radical (unpaired) electrons. The Labute approximate surface area is 192 Å². The molecule has 3 aromatic rings. The third-order valence-corrected chi connectivity index (χ3v) is 6.02. The highest BCUT2D eigenvalue weighted by Gasteiger charge is 2.29. The molecule has 3 aromatic heterocycles. The molecule has 1 saturated heterocycles. The number of anilines is 1. The first-order valence-electron chi connectivity index (χ1n) is 11.2. The van der Waals surface area contributed by atoms with Crippen LogP contribution in [0.4, 0.5) is 5.95 Å². The molecule has 1 atom stereocenters. The van der Waals surface area contributed by atoms with Crippen molar-refractivity contribution in [1.29, 1.82) is 0 Å². The SMILES string of the molecule is CCOc1nc(C(=O)N[C@H](C)C(C)(C)O)nc(N2CCC(c3n[nH]c4ncccc34)CC2)n1. The summed E-state index contributed by atoms with van der Waals surface area (Å²) < 4.78 is 5.49. The number of ether oxygens (including phenoxy) is 1. The predicted molar refractivity (Wildman–Crippen MR) is 122 cm³/mol. The van der Waals surface area contributed by atoms with Gasteiger partial charge in [0.1, 0.15) is 0 Å². The Bertz CT molecular complexity index is 1120. The number of H-pyrrole nitrogens is 1. The van der Waals surface area contributed by atoms with E-state index < -0.39 is 17.6 Å². The van der Waals surface area contributed by atoms with Crippen molar-refractivity contribution in [3.63, 3.8) is 0 Å². The van der Waals surface area contributed by atoms with Crippen molar-refractivity contribution in [1.82, 2.24) is 35.5 Å². The van der Waals surface area contributed by atoms with Crippen molar-refractivity contribution < 1.29 is 14.6 Å². The van der Waals surface area contributed by atoms with Gasteiger partial charge in [-0.1, -0.05) is 0 Å². The van der Waals surface area contributed by atoms with E-state index in [2.05, 4.69) is 35.5 Å². The monoisotopic (exact) mass is 454 g/mol. The van der Waals surface area contributed by atoms with E-state index in [1.54, 1.807) is 27.0 Å². The van der Waals surface area contributed by atoms with Gasteiger partial charge in [0, 0.05) is 30.6 Å². The molecule has 1 amide bonds. The smallest absolute Gasteiger partial charge is 0.321 e. The van der Waals surface area contributed by atoms with Crippen LogP contribution in [0, 0.1) is 0 Å². The maximum atomic E-state index is 12.8. The predicted octanol–water partition coefficient (Wildman–Crippen LogP) is 1.81. The zero-order chi connectivity index (χ0) is 23.6. The van der Waals surface area contributed by atoms with Gasteiger partial charge in [-0.25, -0.2) is 4.98 Å². The lowest BCUT2D eigenvalue weighted by atomic mass is 9.92. The van der Waals surface area contributed by atoms with Gasteiger partial charge >= 0.3 is 6.01 Å². The zero-order valence-electron chi connectivity index (χ0n) is 19.4. The number of hydrogen-bond acceptors (Lipinski definition) is 9. The summed E-state index contributed by atoms with van der Waals surface area (Å²) in [7, 11) is 0. The van der Waals surface area contributed by atoms with Crippen molar-refractivity contribution in [3.05, 3.63) is 29.8 Å². The number of fused-ring (bicyclic) bond motifs is 1. The van der Waals surface area contributed by atoms with E-state index >= 15 is 0 Å². The Morgan fingerprint density at radius 2 is 2.09 bits per heavy atom. The lowest BCUT2D eigenvalue weighted by molar-refractivity contribution is 0.0405. The fourth-order valence-electron chi connectivity index (χ4n) is 3.76. The van der Waals surface area contributed by atoms with Crippen LogP contribution < -0.4 is 15.0 Å². The van der Waals surface area contributed by atoms with Crippen LogP contribution in [0.25, 0.3) is 11.0 Å². The van der Waals surface area contributed by atoms with Crippen molar-refractivity contribution in [2.75, 3.05) is 24.6 Å². The standard InChI is InChI=1S/C22H30N8O3/c1-5-33-21-26-18(19(31)24-13(2)22(3,4)32)25-20(27-21)30-11-8-14(9-12-30)16-15-7-6-10-23-17(15)29-28-16/h6-7,10,13-14,32H,5,8-9,11-12H2,1-4H3,(H,24,31)(H,23,28,29)/t13-/m1/s1. The first-order chi connectivity index (χ1) is 15.8. The number of hydrogen-bond donors (Lipinski definition) is 3. The van der Waals surface area contributed by atoms with Crippen LogP contribution in [0.1, 0.15) is 62.8 Å². The highest BCUT2D eigenvalue weighted by molar-refractivity contribution is 5.91. The molecule has 1 fully saturated rings. The quantitative estimate of drug-likeness (QED) is 0.487. The first-order valence-corrected chi connectivity index (χ1v) is 11.2. The molecule has 176 valence electrons. The number of aliphatic hydroxyl groups is 1. The van der Waals surface area contributed by atoms with Crippen LogP contribution in [-0.2, 0) is 0 Å². The van der Waals surface area contributed by atoms with E-state index in [1.165, 1.54) is 0 Å². The second-order valence-electron chi connectivity index (χ2n) is 8.79. The molecule has 0 unspecified atom stereocenters. The van der Waals surface area contributed by atoms with Crippen LogP contribution in [0.3, 0.4) is 0 Å². The number of nitrogens with one attached hydrogen (secondary N) is 2. The Kier molecular flexibility index (Phi) is 6.41. The van der Waals surface area contributed by atoms with Gasteiger partial charge < -0.3 is 20.1 Å². The number of amides is 1. The summed E-state index contributed by atoms with van der Waals surface area (Å²) in [6, 6.07) is 3.57. The molecule has 0 aliphatic carbocycles. The number of piperidine rings is 1. The van der Waals surface area contributed by atoms with Crippen LogP contribution in [0.5, 0.6) is 6.01 Å². The number of carbonyl (C=O) groups excluding carboxylic acids is 1. The molecule has 1 aliphatic heterocycles. The van der Waals surface area contributed by atoms with Gasteiger partial charge in [0.05, 0.1) is 23.9 Å². The minimum absolute atomic E-state index is 0.0361. The van der Waals surface area contributed by atoms with Crippen LogP contribution in [0.2, 0.25) is 0 Å². The number of aromatic amines is 1. The molecule has 4 rings (SSSR count). The summed E-state index contributed by atoms with van der Waals surface area (Å²) in [4.78, 5) is 32.1. The highest BCUT2D eigenvalue weighted by Crippen LogP contribution is 2.32. The third kappa shape index (κ3) is 5.03. The maximum Gasteiger partial charge on any atom is 0.321 e. The number of aromatic nitrogens is 6. The fourth-order valence-corrected chi connectivity index (χ4v) is 3.76. The van der Waals surface area contributed by atoms with Crippen molar-refractivity contribution >= 4 is 22.9 Å². The summed E-state index contributed by atoms with van der Waals surface area (Å²) in [5.74, 6) is 0.176. The molecule has 0 aromatic carbocycles. The van der Waals surface area contributed by atoms with Crippen LogP contribution in [0.15, 0.2) is 18.3 Å². The number of carbonyl (C=O) groups is 1. The molecule has 1 aliphatic rings. The van der Waals surface area contributed by atoms with E-state index in [-0.39, 0.29) is 11.8 Å². The van der Waals surface area contributed by atoms with Gasteiger partial charge in [-0.2, -0.15) is 20.1 Å². The second-order valence-corrected chi connectivity index (χ2v) is 8.79. The summed E-state index contributed by atoms with van der Waals surface area (Å²) >= 11 is 0. The van der Waals surface area contributed by atoms with E-state index in [1.807, 2.05) is 24.0 Å². The van der Waals surface area contributed by atoms with Gasteiger partial charge in [0.25, 0.3) is 5.91 Å². The summed E-state index contributed by atoms with van der Waals surface area (Å²) in [5.41, 5.74) is 0.746. The summed E-state index contributed by atoms with van der Waals surface area (Å²) in [6.45, 7) is 8.59. The normalized spacial score (nSPS) is 16.1. The second kappa shape index (κ2) is 9.26. The Hall–Kier alpha value is -3.34. The van der Waals surface area contributed by atoms with Gasteiger partial charge in [0.15, 0.2) is 5.65 Å². The highest BCUT2D eigenvalue weighted by atomic mass is 16.5. The molecule has 33 heavy (non-hydrogen) atoms. The van der Waals surface area contributed by atoms with E-state index in [4.69, 9.17) is 4.74 Å². The largest absolute Gasteiger partial charge is 0.464 e. The molecule has 3 N–H and O–H groups in total. The van der Waals surface area contributed by atoms with E-state index in [9.17, 15) is 9.90 Å². The average Bonchev–Trinajstić information content (AvgIpc) is 3.23. The van der Waals surface area contributed by atoms with Crippen molar-refractivity contribution in [2.24, 2.45) is 0 Å². The van der Waals surface area contributed by atoms with E-state index in [0.29, 0.717) is 31.6 Å². The number of nitrogens with zero attached hydrogens (tertiary/aromatic N) is 6. The van der Waals surface area contributed by atoms with E-state index in [0.717, 1.165) is 29.6 Å². The van der Waals surface area contributed by atoms with Gasteiger partial charge in [0.2, 0.25) is 11.8 Å². The Morgan fingerprint density at radius 1 is 1.33 bits per heavy atom. The summed E-state index contributed by atoms with van der Waals surface area (Å²) in [5, 5.41) is 21.4. The maximum absolute atomic E-state index is 12.8. The fraction of sp³-hybridized carbons (Fsp3) is 0.545. The Morgan fingerprint density at radius 3 is 2.79 bits per heavy atom. The molecule has 11 nitrogen and oxygen atoms in total.